The van der Waals surface area contributed by atoms with Gasteiger partial charge in [0.25, 0.3) is 0 Å². The number of rotatable bonds is 1. The molecule has 0 aromatic rings. The highest BCUT2D eigenvalue weighted by molar-refractivity contribution is 4.93. The molecule has 4 atom stereocenters. The lowest BCUT2D eigenvalue weighted by atomic mass is 9.88. The summed E-state index contributed by atoms with van der Waals surface area (Å²) in [4.78, 5) is 0. The van der Waals surface area contributed by atoms with Crippen molar-refractivity contribution in [3.63, 3.8) is 0 Å². The first-order chi connectivity index (χ1) is 5.70. The molecular weight excluding hydrogens is 148 g/mol. The van der Waals surface area contributed by atoms with E-state index in [0.29, 0.717) is 6.10 Å². The Balaban J connectivity index is 2.05. The summed E-state index contributed by atoms with van der Waals surface area (Å²) in [5.74, 6) is 3.36. The highest BCUT2D eigenvalue weighted by Crippen LogP contribution is 2.45. The van der Waals surface area contributed by atoms with Crippen molar-refractivity contribution in [3.05, 3.63) is 0 Å². The fourth-order valence-corrected chi connectivity index (χ4v) is 2.99. The molecule has 0 bridgehead atoms. The van der Waals surface area contributed by atoms with Crippen LogP contribution in [0.2, 0.25) is 0 Å². The molecule has 70 valence electrons. The zero-order chi connectivity index (χ0) is 8.72. The van der Waals surface area contributed by atoms with E-state index in [1.165, 1.54) is 12.8 Å². The molecule has 0 N–H and O–H groups in total. The van der Waals surface area contributed by atoms with Crippen molar-refractivity contribution in [1.29, 1.82) is 0 Å². The Morgan fingerprint density at radius 1 is 1.25 bits per heavy atom. The average molecular weight is 168 g/mol. The molecule has 1 aliphatic carbocycles. The summed E-state index contributed by atoms with van der Waals surface area (Å²) in [5, 5.41) is 0. The zero-order valence-electron chi connectivity index (χ0n) is 8.42. The highest BCUT2D eigenvalue weighted by Gasteiger charge is 2.44. The minimum Gasteiger partial charge on any atom is -0.377 e. The van der Waals surface area contributed by atoms with Crippen molar-refractivity contribution in [2.75, 3.05) is 6.61 Å². The Morgan fingerprint density at radius 3 is 2.67 bits per heavy atom. The maximum Gasteiger partial charge on any atom is 0.0637 e. The average Bonchev–Trinajstić information content (AvgIpc) is 2.53. The van der Waals surface area contributed by atoms with Gasteiger partial charge in [-0.3, -0.25) is 0 Å². The van der Waals surface area contributed by atoms with Gasteiger partial charge in [0.05, 0.1) is 6.10 Å². The molecule has 0 amide bonds. The number of fused-ring (bicyclic) bond motifs is 1. The molecular formula is C11H20O. The molecule has 1 heterocycles. The van der Waals surface area contributed by atoms with Gasteiger partial charge in [-0.2, -0.15) is 0 Å². The molecule has 1 aliphatic heterocycles. The third-order valence-electron chi connectivity index (χ3n) is 3.82. The van der Waals surface area contributed by atoms with Crippen LogP contribution in [-0.4, -0.2) is 12.7 Å². The van der Waals surface area contributed by atoms with Crippen LogP contribution in [0.25, 0.3) is 0 Å². The molecule has 0 aromatic carbocycles. The van der Waals surface area contributed by atoms with Gasteiger partial charge in [-0.05, 0) is 36.5 Å². The minimum absolute atomic E-state index is 0.611. The summed E-state index contributed by atoms with van der Waals surface area (Å²) < 4.78 is 5.86. The van der Waals surface area contributed by atoms with E-state index in [9.17, 15) is 0 Å². The molecule has 0 spiro atoms. The van der Waals surface area contributed by atoms with Gasteiger partial charge in [0.15, 0.2) is 0 Å². The van der Waals surface area contributed by atoms with Crippen LogP contribution < -0.4 is 0 Å². The van der Waals surface area contributed by atoms with Crippen molar-refractivity contribution in [2.24, 2.45) is 23.7 Å². The van der Waals surface area contributed by atoms with Crippen LogP contribution in [0, 0.1) is 23.7 Å². The van der Waals surface area contributed by atoms with Crippen molar-refractivity contribution in [3.8, 4) is 0 Å². The van der Waals surface area contributed by atoms with Crippen LogP contribution in [0.1, 0.15) is 33.6 Å². The monoisotopic (exact) mass is 168 g/mol. The summed E-state index contributed by atoms with van der Waals surface area (Å²) >= 11 is 0. The smallest absolute Gasteiger partial charge is 0.0637 e. The third kappa shape index (κ3) is 1.19. The molecule has 2 aliphatic rings. The van der Waals surface area contributed by atoms with Crippen LogP contribution in [-0.2, 0) is 4.74 Å². The van der Waals surface area contributed by atoms with Crippen LogP contribution in [0.4, 0.5) is 0 Å². The summed E-state index contributed by atoms with van der Waals surface area (Å²) in [6.07, 6.45) is 3.42. The zero-order valence-corrected chi connectivity index (χ0v) is 8.42. The van der Waals surface area contributed by atoms with E-state index in [2.05, 4.69) is 20.8 Å². The van der Waals surface area contributed by atoms with Gasteiger partial charge in [0.1, 0.15) is 0 Å². The quantitative estimate of drug-likeness (QED) is 0.585. The van der Waals surface area contributed by atoms with E-state index < -0.39 is 0 Å². The van der Waals surface area contributed by atoms with Crippen molar-refractivity contribution in [2.45, 2.75) is 39.7 Å². The Morgan fingerprint density at radius 2 is 2.00 bits per heavy atom. The number of hydrogen-bond donors (Lipinski definition) is 0. The molecule has 1 saturated carbocycles. The van der Waals surface area contributed by atoms with Crippen molar-refractivity contribution in [1.82, 2.24) is 0 Å². The van der Waals surface area contributed by atoms with E-state index in [4.69, 9.17) is 4.74 Å². The van der Waals surface area contributed by atoms with Crippen LogP contribution in [0.3, 0.4) is 0 Å². The van der Waals surface area contributed by atoms with Gasteiger partial charge in [0, 0.05) is 6.61 Å². The predicted octanol–water partition coefficient (Wildman–Crippen LogP) is 2.70. The predicted molar refractivity (Wildman–Crippen MR) is 50.0 cm³/mol. The molecule has 1 heteroatoms. The lowest BCUT2D eigenvalue weighted by Gasteiger charge is -2.21. The highest BCUT2D eigenvalue weighted by atomic mass is 16.5. The summed E-state index contributed by atoms with van der Waals surface area (Å²) in [7, 11) is 0. The standard InChI is InChI=1S/C11H20O/c1-7(2)9-4-5-10-8(3)6-12-11(9)10/h7-11H,4-6H2,1-3H3. The topological polar surface area (TPSA) is 9.23 Å². The van der Waals surface area contributed by atoms with Gasteiger partial charge in [-0.15, -0.1) is 0 Å². The summed E-state index contributed by atoms with van der Waals surface area (Å²) in [6.45, 7) is 8.02. The van der Waals surface area contributed by atoms with E-state index in [1.807, 2.05) is 0 Å². The SMILES string of the molecule is CC(C)C1CCC2C(C)COC12. The Labute approximate surface area is 75.5 Å². The molecule has 4 unspecified atom stereocenters. The van der Waals surface area contributed by atoms with Crippen LogP contribution in [0.15, 0.2) is 0 Å². The van der Waals surface area contributed by atoms with Crippen LogP contribution in [0.5, 0.6) is 0 Å². The van der Waals surface area contributed by atoms with Gasteiger partial charge in [-0.1, -0.05) is 20.8 Å². The minimum atomic E-state index is 0.611. The second-order valence-corrected chi connectivity index (χ2v) is 4.92. The maximum atomic E-state index is 5.86. The fourth-order valence-electron chi connectivity index (χ4n) is 2.99. The Hall–Kier alpha value is -0.0400. The lowest BCUT2D eigenvalue weighted by Crippen LogP contribution is -2.23. The molecule has 1 nitrogen and oxygen atoms in total. The van der Waals surface area contributed by atoms with Gasteiger partial charge >= 0.3 is 0 Å². The van der Waals surface area contributed by atoms with E-state index in [1.54, 1.807) is 0 Å². The third-order valence-corrected chi connectivity index (χ3v) is 3.82. The second-order valence-electron chi connectivity index (χ2n) is 4.92. The van der Waals surface area contributed by atoms with Crippen molar-refractivity contribution < 1.29 is 4.74 Å². The fraction of sp³-hybridized carbons (Fsp3) is 1.00. The maximum absolute atomic E-state index is 5.86. The normalized spacial score (nSPS) is 47.0. The second kappa shape index (κ2) is 3.02. The van der Waals surface area contributed by atoms with E-state index >= 15 is 0 Å². The molecule has 1 saturated heterocycles. The molecule has 2 fully saturated rings. The van der Waals surface area contributed by atoms with Crippen molar-refractivity contribution >= 4 is 0 Å². The summed E-state index contributed by atoms with van der Waals surface area (Å²) in [6, 6.07) is 0. The first-order valence-corrected chi connectivity index (χ1v) is 5.31. The number of hydrogen-bond acceptors (Lipinski definition) is 1. The Bertz CT molecular complexity index is 164. The number of ether oxygens (including phenoxy) is 1. The van der Waals surface area contributed by atoms with E-state index in [-0.39, 0.29) is 0 Å². The molecule has 2 rings (SSSR count). The summed E-state index contributed by atoms with van der Waals surface area (Å²) in [5.41, 5.74) is 0. The van der Waals surface area contributed by atoms with Gasteiger partial charge < -0.3 is 4.74 Å². The molecule has 12 heavy (non-hydrogen) atoms. The first kappa shape index (κ1) is 8.55. The van der Waals surface area contributed by atoms with Gasteiger partial charge in [-0.25, -0.2) is 0 Å². The molecule has 0 radical (unpaired) electrons. The lowest BCUT2D eigenvalue weighted by molar-refractivity contribution is 0.0486. The van der Waals surface area contributed by atoms with E-state index in [0.717, 1.165) is 30.3 Å². The Kier molecular flexibility index (Phi) is 2.16. The van der Waals surface area contributed by atoms with Crippen LogP contribution >= 0.6 is 0 Å². The first-order valence-electron chi connectivity index (χ1n) is 5.31. The molecule has 0 aromatic heterocycles. The largest absolute Gasteiger partial charge is 0.377 e. The van der Waals surface area contributed by atoms with Gasteiger partial charge in [0.2, 0.25) is 0 Å².